The highest BCUT2D eigenvalue weighted by Gasteiger charge is 2.09. The van der Waals surface area contributed by atoms with Gasteiger partial charge in [0.15, 0.2) is 10.8 Å². The summed E-state index contributed by atoms with van der Waals surface area (Å²) < 4.78 is 1.61. The van der Waals surface area contributed by atoms with Crippen LogP contribution in [0.5, 0.6) is 0 Å². The molecule has 6 nitrogen and oxygen atoms in total. The Hall–Kier alpha value is -1.63. The van der Waals surface area contributed by atoms with Crippen LogP contribution in [-0.2, 0) is 7.05 Å². The van der Waals surface area contributed by atoms with Crippen molar-refractivity contribution in [2.45, 2.75) is 6.92 Å². The number of aryl methyl sites for hydroxylation is 2. The summed E-state index contributed by atoms with van der Waals surface area (Å²) in [6, 6.07) is 1.66. The van der Waals surface area contributed by atoms with E-state index in [0.717, 1.165) is 5.69 Å². The van der Waals surface area contributed by atoms with Crippen LogP contribution in [0.25, 0.3) is 0 Å². The van der Waals surface area contributed by atoms with E-state index >= 15 is 0 Å². The van der Waals surface area contributed by atoms with Gasteiger partial charge in [0, 0.05) is 12.7 Å². The predicted molar refractivity (Wildman–Crippen MR) is 55.3 cm³/mol. The fourth-order valence-corrected chi connectivity index (χ4v) is 0.905. The van der Waals surface area contributed by atoms with E-state index < -0.39 is 0 Å². The third-order valence-electron chi connectivity index (χ3n) is 1.65. The van der Waals surface area contributed by atoms with Gasteiger partial charge in [-0.3, -0.25) is 20.3 Å². The van der Waals surface area contributed by atoms with E-state index in [-0.39, 0.29) is 11.0 Å². The standard InChI is InChI=1S/C7H11N5OS/c1-4-3-5(11-12(4)2)6(13)9-10-7(8)14/h3H,1-2H3,(H,9,13)(H3,8,10,14). The Morgan fingerprint density at radius 3 is 2.71 bits per heavy atom. The van der Waals surface area contributed by atoms with Crippen molar-refractivity contribution in [3.63, 3.8) is 0 Å². The molecule has 1 amide bonds. The van der Waals surface area contributed by atoms with Gasteiger partial charge in [0.1, 0.15) is 0 Å². The van der Waals surface area contributed by atoms with Crippen molar-refractivity contribution in [1.82, 2.24) is 20.6 Å². The van der Waals surface area contributed by atoms with Crippen molar-refractivity contribution in [3.8, 4) is 0 Å². The summed E-state index contributed by atoms with van der Waals surface area (Å²) >= 11 is 4.52. The second kappa shape index (κ2) is 4.05. The van der Waals surface area contributed by atoms with Crippen molar-refractivity contribution >= 4 is 23.2 Å². The van der Waals surface area contributed by atoms with Crippen LogP contribution >= 0.6 is 12.2 Å². The number of nitrogens with one attached hydrogen (secondary N) is 2. The molecule has 0 radical (unpaired) electrons. The van der Waals surface area contributed by atoms with E-state index in [1.165, 1.54) is 0 Å². The molecule has 0 fully saturated rings. The molecule has 14 heavy (non-hydrogen) atoms. The molecular weight excluding hydrogens is 202 g/mol. The van der Waals surface area contributed by atoms with Crippen LogP contribution in [-0.4, -0.2) is 20.8 Å². The number of hydrazine groups is 1. The number of aromatic nitrogens is 2. The molecule has 1 aromatic rings. The highest BCUT2D eigenvalue weighted by Crippen LogP contribution is 1.99. The van der Waals surface area contributed by atoms with Crippen LogP contribution in [0.3, 0.4) is 0 Å². The Kier molecular flexibility index (Phi) is 3.03. The number of nitrogens with two attached hydrogens (primary N) is 1. The number of carbonyl (C=O) groups is 1. The van der Waals surface area contributed by atoms with Gasteiger partial charge < -0.3 is 5.73 Å². The van der Waals surface area contributed by atoms with E-state index in [1.54, 1.807) is 17.8 Å². The van der Waals surface area contributed by atoms with Gasteiger partial charge in [0.05, 0.1) is 0 Å². The third-order valence-corrected chi connectivity index (χ3v) is 1.75. The van der Waals surface area contributed by atoms with Gasteiger partial charge in [-0.1, -0.05) is 0 Å². The minimum Gasteiger partial charge on any atom is -0.375 e. The Morgan fingerprint density at radius 1 is 1.64 bits per heavy atom. The van der Waals surface area contributed by atoms with Crippen LogP contribution in [0.1, 0.15) is 16.2 Å². The zero-order chi connectivity index (χ0) is 10.7. The molecule has 1 heterocycles. The van der Waals surface area contributed by atoms with Crippen LogP contribution < -0.4 is 16.6 Å². The van der Waals surface area contributed by atoms with Crippen molar-refractivity contribution < 1.29 is 4.79 Å². The minimum atomic E-state index is -0.374. The van der Waals surface area contributed by atoms with Crippen LogP contribution in [0.4, 0.5) is 0 Å². The molecule has 0 aliphatic heterocycles. The number of rotatable bonds is 1. The SMILES string of the molecule is Cc1cc(C(=O)NNC(N)=S)nn1C. The Morgan fingerprint density at radius 2 is 2.29 bits per heavy atom. The second-order valence-electron chi connectivity index (χ2n) is 2.74. The molecule has 4 N–H and O–H groups in total. The fourth-order valence-electron chi connectivity index (χ4n) is 0.854. The summed E-state index contributed by atoms with van der Waals surface area (Å²) in [7, 11) is 1.76. The molecule has 0 spiro atoms. The van der Waals surface area contributed by atoms with Gasteiger partial charge in [0.25, 0.3) is 5.91 Å². The van der Waals surface area contributed by atoms with Crippen molar-refractivity contribution in [2.75, 3.05) is 0 Å². The first-order valence-electron chi connectivity index (χ1n) is 3.87. The molecule has 0 aromatic carbocycles. The lowest BCUT2D eigenvalue weighted by molar-refractivity contribution is 0.0938. The van der Waals surface area contributed by atoms with Gasteiger partial charge in [-0.15, -0.1) is 0 Å². The van der Waals surface area contributed by atoms with E-state index in [1.807, 2.05) is 6.92 Å². The Labute approximate surface area is 86.4 Å². The van der Waals surface area contributed by atoms with E-state index in [0.29, 0.717) is 5.69 Å². The van der Waals surface area contributed by atoms with Crippen molar-refractivity contribution in [1.29, 1.82) is 0 Å². The zero-order valence-corrected chi connectivity index (χ0v) is 8.68. The normalized spacial score (nSPS) is 9.57. The second-order valence-corrected chi connectivity index (χ2v) is 3.18. The topological polar surface area (TPSA) is 85.0 Å². The van der Waals surface area contributed by atoms with E-state index in [9.17, 15) is 4.79 Å². The minimum absolute atomic E-state index is 0.00556. The molecule has 0 unspecified atom stereocenters. The molecular formula is C7H11N5OS. The summed E-state index contributed by atoms with van der Waals surface area (Å²) in [5.74, 6) is -0.374. The van der Waals surface area contributed by atoms with Gasteiger partial charge in [-0.25, -0.2) is 0 Å². The highest BCUT2D eigenvalue weighted by atomic mass is 32.1. The summed E-state index contributed by atoms with van der Waals surface area (Å²) in [6.45, 7) is 1.85. The first-order valence-corrected chi connectivity index (χ1v) is 4.28. The quantitative estimate of drug-likeness (QED) is 0.420. The summed E-state index contributed by atoms with van der Waals surface area (Å²) in [5, 5.41) is 3.97. The van der Waals surface area contributed by atoms with Crippen LogP contribution in [0.2, 0.25) is 0 Å². The van der Waals surface area contributed by atoms with Gasteiger partial charge in [0.2, 0.25) is 0 Å². The number of nitrogens with zero attached hydrogens (tertiary/aromatic N) is 2. The van der Waals surface area contributed by atoms with E-state index in [4.69, 9.17) is 5.73 Å². The lowest BCUT2D eigenvalue weighted by Crippen LogP contribution is -2.44. The number of amides is 1. The lowest BCUT2D eigenvalue weighted by Gasteiger charge is -2.03. The molecule has 0 saturated carbocycles. The fraction of sp³-hybridized carbons (Fsp3) is 0.286. The molecule has 0 aliphatic rings. The van der Waals surface area contributed by atoms with Gasteiger partial charge >= 0.3 is 0 Å². The predicted octanol–water partition coefficient (Wildman–Crippen LogP) is -0.793. The van der Waals surface area contributed by atoms with Crippen LogP contribution in [0, 0.1) is 6.92 Å². The molecule has 0 saturated heterocycles. The molecule has 1 rings (SSSR count). The Bertz CT molecular complexity index is 353. The van der Waals surface area contributed by atoms with Gasteiger partial charge in [-0.05, 0) is 25.2 Å². The molecule has 0 aliphatic carbocycles. The first-order chi connectivity index (χ1) is 6.50. The molecule has 0 atom stereocenters. The molecule has 76 valence electrons. The summed E-state index contributed by atoms with van der Waals surface area (Å²) in [4.78, 5) is 11.4. The number of thiocarbonyl (C=S) groups is 1. The molecule has 7 heteroatoms. The Balaban J connectivity index is 2.65. The largest absolute Gasteiger partial charge is 0.375 e. The number of carbonyl (C=O) groups excluding carboxylic acids is 1. The smallest absolute Gasteiger partial charge is 0.290 e. The van der Waals surface area contributed by atoms with Gasteiger partial charge in [-0.2, -0.15) is 5.10 Å². The zero-order valence-electron chi connectivity index (χ0n) is 7.87. The van der Waals surface area contributed by atoms with Crippen LogP contribution in [0.15, 0.2) is 6.07 Å². The average Bonchev–Trinajstić information content (AvgIpc) is 2.43. The molecule has 1 aromatic heterocycles. The van der Waals surface area contributed by atoms with Crippen molar-refractivity contribution in [2.24, 2.45) is 12.8 Å². The summed E-state index contributed by atoms with van der Waals surface area (Å²) in [5.41, 5.74) is 11.0. The molecule has 0 bridgehead atoms. The highest BCUT2D eigenvalue weighted by molar-refractivity contribution is 7.80. The third kappa shape index (κ3) is 2.43. The maximum Gasteiger partial charge on any atom is 0.290 e. The maximum absolute atomic E-state index is 11.4. The number of hydrogen-bond acceptors (Lipinski definition) is 3. The monoisotopic (exact) mass is 213 g/mol. The number of hydrogen-bond donors (Lipinski definition) is 3. The van der Waals surface area contributed by atoms with E-state index in [2.05, 4.69) is 28.2 Å². The summed E-state index contributed by atoms with van der Waals surface area (Å²) in [6.07, 6.45) is 0. The first kappa shape index (κ1) is 10.5. The lowest BCUT2D eigenvalue weighted by atomic mass is 10.3. The average molecular weight is 213 g/mol. The maximum atomic E-state index is 11.4. The van der Waals surface area contributed by atoms with Crippen molar-refractivity contribution in [3.05, 3.63) is 17.5 Å².